The predicted octanol–water partition coefficient (Wildman–Crippen LogP) is 3.37. The second-order valence-corrected chi connectivity index (χ2v) is 8.55. The number of anilines is 2. The fraction of sp³-hybridized carbons (Fsp3) is 0.619. The van der Waals surface area contributed by atoms with Gasteiger partial charge in [0.1, 0.15) is 17.8 Å². The van der Waals surface area contributed by atoms with Crippen LogP contribution in [0.4, 0.5) is 11.8 Å². The molecule has 4 rings (SSSR count). The number of nitrogens with one attached hydrogen (secondary N) is 3. The summed E-state index contributed by atoms with van der Waals surface area (Å²) in [6, 6.07) is 2.82. The summed E-state index contributed by atoms with van der Waals surface area (Å²) in [5.41, 5.74) is 1.32. The molecule has 0 atom stereocenters. The topological polar surface area (TPSA) is 96.9 Å². The monoisotopic (exact) mass is 431 g/mol. The quantitative estimate of drug-likeness (QED) is 0.492. The number of rotatable bonds is 10. The Hall–Kier alpha value is -2.03. The largest absolute Gasteiger partial charge is 0.383 e. The first-order valence-corrected chi connectivity index (χ1v) is 11.2. The summed E-state index contributed by atoms with van der Waals surface area (Å²) in [6.45, 7) is 2.60. The van der Waals surface area contributed by atoms with Crippen molar-refractivity contribution in [1.29, 1.82) is 0 Å². The Balaban J connectivity index is 1.36. The average molecular weight is 432 g/mol. The molecule has 2 aliphatic rings. The Morgan fingerprint density at radius 2 is 1.87 bits per heavy atom. The van der Waals surface area contributed by atoms with E-state index in [4.69, 9.17) is 16.3 Å². The van der Waals surface area contributed by atoms with Gasteiger partial charge in [-0.3, -0.25) is 0 Å². The molecule has 162 valence electrons. The van der Waals surface area contributed by atoms with Crippen LogP contribution in [0.3, 0.4) is 0 Å². The van der Waals surface area contributed by atoms with Crippen molar-refractivity contribution in [2.75, 3.05) is 37.4 Å². The van der Waals surface area contributed by atoms with Crippen LogP contribution in [0.2, 0.25) is 5.02 Å². The van der Waals surface area contributed by atoms with Crippen LogP contribution in [0.1, 0.15) is 38.5 Å². The molecule has 2 aromatic heterocycles. The normalized spacial score (nSPS) is 21.4. The Kier molecular flexibility index (Phi) is 7.30. The van der Waals surface area contributed by atoms with Gasteiger partial charge in [0.15, 0.2) is 0 Å². The molecule has 2 aliphatic carbocycles. The van der Waals surface area contributed by atoms with Crippen molar-refractivity contribution in [2.45, 2.75) is 50.6 Å². The van der Waals surface area contributed by atoms with E-state index in [-0.39, 0.29) is 0 Å². The van der Waals surface area contributed by atoms with Gasteiger partial charge < -0.3 is 20.7 Å². The lowest BCUT2D eigenvalue weighted by Gasteiger charge is -2.29. The van der Waals surface area contributed by atoms with E-state index in [2.05, 4.69) is 35.9 Å². The van der Waals surface area contributed by atoms with Crippen LogP contribution in [-0.4, -0.2) is 58.8 Å². The standard InChI is InChI=1S/C21H30ClN7O/c1-30-9-8-23-15-4-6-16(7-5-15)28-21-25-12-17(22)20(29-21)18-10-19(27-13-26-18)24-11-14-2-3-14/h10,12-16,23H,2-9,11H2,1H3,(H,24,26,27)(H,25,28,29). The van der Waals surface area contributed by atoms with E-state index in [0.29, 0.717) is 34.4 Å². The van der Waals surface area contributed by atoms with Crippen LogP contribution in [0.25, 0.3) is 11.4 Å². The SMILES string of the molecule is COCCNC1CCC(Nc2ncc(Cl)c(-c3cc(NCC4CC4)ncn3)n2)CC1. The van der Waals surface area contributed by atoms with Crippen LogP contribution in [0.5, 0.6) is 0 Å². The van der Waals surface area contributed by atoms with Crippen LogP contribution in [0.15, 0.2) is 18.6 Å². The molecule has 0 aromatic carbocycles. The van der Waals surface area contributed by atoms with Gasteiger partial charge in [0.05, 0.1) is 23.5 Å². The third kappa shape index (κ3) is 6.00. The fourth-order valence-corrected chi connectivity index (χ4v) is 3.95. The van der Waals surface area contributed by atoms with Gasteiger partial charge in [-0.25, -0.2) is 19.9 Å². The van der Waals surface area contributed by atoms with Gasteiger partial charge in [-0.2, -0.15) is 0 Å². The Bertz CT molecular complexity index is 825. The second kappa shape index (κ2) is 10.3. The molecule has 0 radical (unpaired) electrons. The maximum Gasteiger partial charge on any atom is 0.223 e. The average Bonchev–Trinajstić information content (AvgIpc) is 3.60. The minimum absolute atomic E-state index is 0.362. The molecular weight excluding hydrogens is 402 g/mol. The van der Waals surface area contributed by atoms with Crippen molar-refractivity contribution in [2.24, 2.45) is 5.92 Å². The molecular formula is C21H30ClN7O. The van der Waals surface area contributed by atoms with E-state index in [1.54, 1.807) is 19.6 Å². The highest BCUT2D eigenvalue weighted by Gasteiger charge is 2.22. The van der Waals surface area contributed by atoms with Crippen molar-refractivity contribution in [3.05, 3.63) is 23.6 Å². The summed E-state index contributed by atoms with van der Waals surface area (Å²) in [5.74, 6) is 2.17. The molecule has 0 unspecified atom stereocenters. The van der Waals surface area contributed by atoms with E-state index in [1.165, 1.54) is 12.8 Å². The van der Waals surface area contributed by atoms with E-state index >= 15 is 0 Å². The molecule has 8 nitrogen and oxygen atoms in total. The Labute approximate surface area is 182 Å². The van der Waals surface area contributed by atoms with Gasteiger partial charge >= 0.3 is 0 Å². The minimum Gasteiger partial charge on any atom is -0.383 e. The zero-order chi connectivity index (χ0) is 20.8. The highest BCUT2D eigenvalue weighted by Crippen LogP contribution is 2.30. The molecule has 2 heterocycles. The number of methoxy groups -OCH3 is 1. The smallest absolute Gasteiger partial charge is 0.223 e. The van der Waals surface area contributed by atoms with Gasteiger partial charge in [0.2, 0.25) is 5.95 Å². The molecule has 0 saturated heterocycles. The van der Waals surface area contributed by atoms with Crippen LogP contribution in [-0.2, 0) is 4.74 Å². The van der Waals surface area contributed by atoms with E-state index in [9.17, 15) is 0 Å². The zero-order valence-corrected chi connectivity index (χ0v) is 18.2. The van der Waals surface area contributed by atoms with Gasteiger partial charge in [-0.15, -0.1) is 0 Å². The van der Waals surface area contributed by atoms with Gasteiger partial charge in [0, 0.05) is 38.3 Å². The van der Waals surface area contributed by atoms with Crippen molar-refractivity contribution >= 4 is 23.4 Å². The molecule has 2 aromatic rings. The van der Waals surface area contributed by atoms with E-state index < -0.39 is 0 Å². The molecule has 0 amide bonds. The number of nitrogens with zero attached hydrogens (tertiary/aromatic N) is 4. The minimum atomic E-state index is 0.362. The highest BCUT2D eigenvalue weighted by atomic mass is 35.5. The second-order valence-electron chi connectivity index (χ2n) is 8.14. The van der Waals surface area contributed by atoms with Crippen LogP contribution in [0, 0.1) is 5.92 Å². The molecule has 0 aliphatic heterocycles. The fourth-order valence-electron chi connectivity index (χ4n) is 3.76. The van der Waals surface area contributed by atoms with Crippen molar-refractivity contribution in [1.82, 2.24) is 25.3 Å². The molecule has 30 heavy (non-hydrogen) atoms. The van der Waals surface area contributed by atoms with Crippen LogP contribution >= 0.6 is 11.6 Å². The third-order valence-electron chi connectivity index (χ3n) is 5.72. The Morgan fingerprint density at radius 1 is 1.07 bits per heavy atom. The van der Waals surface area contributed by atoms with Gasteiger partial charge in [0.25, 0.3) is 0 Å². The first kappa shape index (κ1) is 21.2. The third-order valence-corrected chi connectivity index (χ3v) is 6.00. The van der Waals surface area contributed by atoms with E-state index in [0.717, 1.165) is 57.1 Å². The lowest BCUT2D eigenvalue weighted by Crippen LogP contribution is -2.38. The predicted molar refractivity (Wildman–Crippen MR) is 119 cm³/mol. The summed E-state index contributed by atoms with van der Waals surface area (Å²) in [6.07, 6.45) is 10.2. The summed E-state index contributed by atoms with van der Waals surface area (Å²) in [5, 5.41) is 10.9. The number of halogens is 1. The zero-order valence-electron chi connectivity index (χ0n) is 17.4. The summed E-state index contributed by atoms with van der Waals surface area (Å²) < 4.78 is 5.11. The summed E-state index contributed by atoms with van der Waals surface area (Å²) in [7, 11) is 1.73. The first-order chi connectivity index (χ1) is 14.7. The lowest BCUT2D eigenvalue weighted by molar-refractivity contribution is 0.191. The van der Waals surface area contributed by atoms with E-state index in [1.807, 2.05) is 6.07 Å². The van der Waals surface area contributed by atoms with Gasteiger partial charge in [-0.1, -0.05) is 11.6 Å². The maximum absolute atomic E-state index is 6.39. The molecule has 2 saturated carbocycles. The summed E-state index contributed by atoms with van der Waals surface area (Å²) >= 11 is 6.39. The van der Waals surface area contributed by atoms with Crippen LogP contribution < -0.4 is 16.0 Å². The molecule has 9 heteroatoms. The molecule has 2 fully saturated rings. The summed E-state index contributed by atoms with van der Waals surface area (Å²) in [4.78, 5) is 17.7. The molecule has 0 bridgehead atoms. The number of aromatic nitrogens is 4. The Morgan fingerprint density at radius 3 is 2.63 bits per heavy atom. The number of ether oxygens (including phenoxy) is 1. The number of hydrogen-bond acceptors (Lipinski definition) is 8. The lowest BCUT2D eigenvalue weighted by atomic mass is 9.91. The van der Waals surface area contributed by atoms with Crippen molar-refractivity contribution in [3.8, 4) is 11.4 Å². The molecule has 0 spiro atoms. The highest BCUT2D eigenvalue weighted by molar-refractivity contribution is 6.32. The maximum atomic E-state index is 6.39. The molecule has 3 N–H and O–H groups in total. The van der Waals surface area contributed by atoms with Crippen molar-refractivity contribution in [3.63, 3.8) is 0 Å². The number of hydrogen-bond donors (Lipinski definition) is 3. The van der Waals surface area contributed by atoms with Gasteiger partial charge in [-0.05, 0) is 44.4 Å². The van der Waals surface area contributed by atoms with Crippen molar-refractivity contribution < 1.29 is 4.74 Å². The first-order valence-electron chi connectivity index (χ1n) is 10.8.